The van der Waals surface area contributed by atoms with Crippen molar-refractivity contribution in [1.29, 1.82) is 5.26 Å². The summed E-state index contributed by atoms with van der Waals surface area (Å²) in [6, 6.07) is 14.3. The molecule has 0 radical (unpaired) electrons. The molecule has 0 spiro atoms. The average Bonchev–Trinajstić information content (AvgIpc) is 3.26. The molecule has 174 valence electrons. The van der Waals surface area contributed by atoms with Crippen LogP contribution in [0.15, 0.2) is 57.9 Å². The number of methoxy groups -OCH3 is 2. The molecule has 0 unspecified atom stereocenters. The van der Waals surface area contributed by atoms with Gasteiger partial charge in [0, 0.05) is 10.9 Å². The smallest absolute Gasteiger partial charge is 0.341 e. The van der Waals surface area contributed by atoms with Gasteiger partial charge in [0.1, 0.15) is 33.7 Å². The minimum atomic E-state index is -0.636. The summed E-state index contributed by atoms with van der Waals surface area (Å²) in [5.41, 5.74) is 2.12. The van der Waals surface area contributed by atoms with Crippen LogP contribution in [0.2, 0.25) is 0 Å². The summed E-state index contributed by atoms with van der Waals surface area (Å²) in [5, 5.41) is 14.3. The molecule has 3 rings (SSSR count). The number of benzene rings is 2. The number of thiophene rings is 1. The third kappa shape index (κ3) is 5.65. The molecule has 9 heteroatoms. The summed E-state index contributed by atoms with van der Waals surface area (Å²) in [4.78, 5) is 25.7. The van der Waals surface area contributed by atoms with Gasteiger partial charge in [-0.2, -0.15) is 5.26 Å². The van der Waals surface area contributed by atoms with E-state index in [1.54, 1.807) is 56.9 Å². The number of carbonyl (C=O) groups excluding carboxylic acids is 2. The monoisotopic (exact) mass is 540 g/mol. The molecule has 0 fully saturated rings. The van der Waals surface area contributed by atoms with E-state index in [1.165, 1.54) is 17.4 Å². The number of carbonyl (C=O) groups is 2. The van der Waals surface area contributed by atoms with Crippen molar-refractivity contribution >= 4 is 50.2 Å². The highest BCUT2D eigenvalue weighted by Crippen LogP contribution is 2.37. The first-order valence-electron chi connectivity index (χ1n) is 10.1. The van der Waals surface area contributed by atoms with Gasteiger partial charge in [-0.05, 0) is 64.3 Å². The molecule has 3 aromatic rings. The average molecular weight is 541 g/mol. The molecule has 0 aliphatic heterocycles. The Balaban J connectivity index is 1.94. The van der Waals surface area contributed by atoms with E-state index in [9.17, 15) is 14.9 Å². The maximum Gasteiger partial charge on any atom is 0.341 e. The summed E-state index contributed by atoms with van der Waals surface area (Å²) in [5.74, 6) is 0.109. The van der Waals surface area contributed by atoms with E-state index in [0.29, 0.717) is 32.1 Å². The summed E-state index contributed by atoms with van der Waals surface area (Å²) >= 11 is 4.57. The Labute approximate surface area is 209 Å². The number of esters is 1. The van der Waals surface area contributed by atoms with E-state index in [2.05, 4.69) is 21.2 Å². The molecule has 0 aliphatic carbocycles. The van der Waals surface area contributed by atoms with Gasteiger partial charge < -0.3 is 19.5 Å². The highest BCUT2D eigenvalue weighted by molar-refractivity contribution is 9.10. The Morgan fingerprint density at radius 1 is 1.15 bits per heavy atom. The molecule has 0 saturated carbocycles. The van der Waals surface area contributed by atoms with E-state index >= 15 is 0 Å². The molecule has 34 heavy (non-hydrogen) atoms. The van der Waals surface area contributed by atoms with Crippen LogP contribution in [0.3, 0.4) is 0 Å². The quantitative estimate of drug-likeness (QED) is 0.216. The van der Waals surface area contributed by atoms with Crippen LogP contribution >= 0.6 is 27.3 Å². The third-order valence-electron chi connectivity index (χ3n) is 4.75. The molecule has 1 heterocycles. The number of amides is 1. The third-order valence-corrected chi connectivity index (χ3v) is 6.27. The molecule has 0 saturated heterocycles. The normalized spacial score (nSPS) is 10.9. The van der Waals surface area contributed by atoms with Crippen LogP contribution in [0.5, 0.6) is 11.5 Å². The van der Waals surface area contributed by atoms with Gasteiger partial charge in [0.05, 0.1) is 25.3 Å². The minimum Gasteiger partial charge on any atom is -0.497 e. The number of nitrogens with one attached hydrogen (secondary N) is 1. The summed E-state index contributed by atoms with van der Waals surface area (Å²) in [6.07, 6.45) is 1.46. The zero-order valence-corrected chi connectivity index (χ0v) is 21.1. The second-order valence-corrected chi connectivity index (χ2v) is 8.55. The Bertz CT molecular complexity index is 1280. The topological polar surface area (TPSA) is 97.6 Å². The SMILES string of the molecule is CCOC(=O)c1c(-c2ccc(OC)cc2)csc1NC(=O)/C(C#N)=C/c1ccc(OC)c(Br)c1. The number of halogens is 1. The number of anilines is 1. The van der Waals surface area contributed by atoms with E-state index in [4.69, 9.17) is 14.2 Å². The van der Waals surface area contributed by atoms with Crippen LogP contribution in [0.4, 0.5) is 5.00 Å². The van der Waals surface area contributed by atoms with E-state index in [0.717, 1.165) is 5.56 Å². The summed E-state index contributed by atoms with van der Waals surface area (Å²) in [7, 11) is 3.12. The maximum absolute atomic E-state index is 12.9. The zero-order chi connectivity index (χ0) is 24.7. The fourth-order valence-electron chi connectivity index (χ4n) is 3.10. The molecule has 0 aliphatic rings. The van der Waals surface area contributed by atoms with Crippen molar-refractivity contribution in [3.05, 3.63) is 69.0 Å². The lowest BCUT2D eigenvalue weighted by molar-refractivity contribution is -0.112. The van der Waals surface area contributed by atoms with Gasteiger partial charge in [0.15, 0.2) is 0 Å². The lowest BCUT2D eigenvalue weighted by Gasteiger charge is -2.09. The number of nitrogens with zero attached hydrogens (tertiary/aromatic N) is 1. The molecule has 1 N–H and O–H groups in total. The van der Waals surface area contributed by atoms with Gasteiger partial charge in [0.25, 0.3) is 5.91 Å². The molecular formula is C25H21BrN2O5S. The number of rotatable bonds is 8. The fraction of sp³-hybridized carbons (Fsp3) is 0.160. The van der Waals surface area contributed by atoms with Crippen molar-refractivity contribution in [3.8, 4) is 28.7 Å². The molecular weight excluding hydrogens is 520 g/mol. The van der Waals surface area contributed by atoms with Crippen LogP contribution in [0.25, 0.3) is 17.2 Å². The first-order chi connectivity index (χ1) is 16.4. The molecule has 0 atom stereocenters. The van der Waals surface area contributed by atoms with Gasteiger partial charge in [0.2, 0.25) is 0 Å². The summed E-state index contributed by atoms with van der Waals surface area (Å²) in [6.45, 7) is 1.89. The number of nitriles is 1. The largest absolute Gasteiger partial charge is 0.497 e. The second-order valence-electron chi connectivity index (χ2n) is 6.82. The molecule has 1 aromatic heterocycles. The van der Waals surface area contributed by atoms with Crippen LogP contribution in [-0.2, 0) is 9.53 Å². The highest BCUT2D eigenvalue weighted by atomic mass is 79.9. The first kappa shape index (κ1) is 25.0. The number of ether oxygens (including phenoxy) is 3. The maximum atomic E-state index is 12.9. The van der Waals surface area contributed by atoms with Crippen LogP contribution in [0, 0.1) is 11.3 Å². The predicted molar refractivity (Wildman–Crippen MR) is 135 cm³/mol. The van der Waals surface area contributed by atoms with Gasteiger partial charge in [-0.1, -0.05) is 18.2 Å². The van der Waals surface area contributed by atoms with Crippen LogP contribution in [-0.4, -0.2) is 32.7 Å². The molecule has 2 aromatic carbocycles. The van der Waals surface area contributed by atoms with Crippen molar-refractivity contribution < 1.29 is 23.8 Å². The number of hydrogen-bond donors (Lipinski definition) is 1. The zero-order valence-electron chi connectivity index (χ0n) is 18.7. The molecule has 0 bridgehead atoms. The van der Waals surface area contributed by atoms with Gasteiger partial charge in [-0.3, -0.25) is 4.79 Å². The standard InChI is InChI=1S/C25H21BrN2O5S/c1-4-33-25(30)22-19(16-6-8-18(31-2)9-7-16)14-34-24(22)28-23(29)17(13-27)11-15-5-10-21(32-3)20(26)12-15/h5-12,14H,4H2,1-3H3,(H,28,29)/b17-11+. The second kappa shape index (κ2) is 11.5. The van der Waals surface area contributed by atoms with Crippen molar-refractivity contribution in [3.63, 3.8) is 0 Å². The fourth-order valence-corrected chi connectivity index (χ4v) is 4.61. The van der Waals surface area contributed by atoms with Crippen LogP contribution < -0.4 is 14.8 Å². The Morgan fingerprint density at radius 3 is 2.47 bits per heavy atom. The van der Waals surface area contributed by atoms with Gasteiger partial charge >= 0.3 is 5.97 Å². The Hall–Kier alpha value is -3.61. The van der Waals surface area contributed by atoms with Gasteiger partial charge in [-0.25, -0.2) is 4.79 Å². The van der Waals surface area contributed by atoms with Crippen molar-refractivity contribution in [2.24, 2.45) is 0 Å². The minimum absolute atomic E-state index is 0.119. The van der Waals surface area contributed by atoms with E-state index in [1.807, 2.05) is 18.2 Å². The van der Waals surface area contributed by atoms with E-state index in [-0.39, 0.29) is 17.7 Å². The van der Waals surface area contributed by atoms with Crippen molar-refractivity contribution in [2.75, 3.05) is 26.1 Å². The van der Waals surface area contributed by atoms with Crippen molar-refractivity contribution in [1.82, 2.24) is 0 Å². The Morgan fingerprint density at radius 2 is 1.88 bits per heavy atom. The van der Waals surface area contributed by atoms with Crippen LogP contribution in [0.1, 0.15) is 22.8 Å². The number of hydrogen-bond acceptors (Lipinski definition) is 7. The molecule has 1 amide bonds. The lowest BCUT2D eigenvalue weighted by atomic mass is 10.0. The lowest BCUT2D eigenvalue weighted by Crippen LogP contribution is -2.16. The van der Waals surface area contributed by atoms with Crippen molar-refractivity contribution in [2.45, 2.75) is 6.92 Å². The van der Waals surface area contributed by atoms with E-state index < -0.39 is 11.9 Å². The van der Waals surface area contributed by atoms with Gasteiger partial charge in [-0.15, -0.1) is 11.3 Å². The predicted octanol–water partition coefficient (Wildman–Crippen LogP) is 5.92. The highest BCUT2D eigenvalue weighted by Gasteiger charge is 2.24. The Kier molecular flexibility index (Phi) is 8.46. The first-order valence-corrected chi connectivity index (χ1v) is 11.8. The molecule has 7 nitrogen and oxygen atoms in total. The summed E-state index contributed by atoms with van der Waals surface area (Å²) < 4.78 is 16.3.